The van der Waals surface area contributed by atoms with Gasteiger partial charge in [0, 0.05) is 31.8 Å². The summed E-state index contributed by atoms with van der Waals surface area (Å²) in [5, 5.41) is 21.7. The van der Waals surface area contributed by atoms with Gasteiger partial charge in [-0.05, 0) is 73.8 Å². The van der Waals surface area contributed by atoms with E-state index in [9.17, 15) is 18.8 Å². The number of nitrogens with zero attached hydrogens (tertiary/aromatic N) is 4. The third kappa shape index (κ3) is 6.11. The number of hydrogen-bond donors (Lipinski definition) is 1. The lowest BCUT2D eigenvalue weighted by Crippen LogP contribution is -2.46. The Labute approximate surface area is 273 Å². The molecular formula is C34H37F3N4O4SSi. The highest BCUT2D eigenvalue weighted by atomic mass is 32.2. The van der Waals surface area contributed by atoms with Crippen LogP contribution in [-0.4, -0.2) is 47.9 Å². The van der Waals surface area contributed by atoms with Gasteiger partial charge < -0.3 is 14.4 Å². The quantitative estimate of drug-likeness (QED) is 0.122. The highest BCUT2D eigenvalue weighted by Gasteiger charge is 2.61. The molecule has 0 bridgehead atoms. The van der Waals surface area contributed by atoms with Crippen LogP contribution >= 0.6 is 0 Å². The molecule has 2 aromatic heterocycles. The number of imidazole rings is 1. The maximum absolute atomic E-state index is 15.6. The van der Waals surface area contributed by atoms with Crippen LogP contribution in [0.4, 0.5) is 13.2 Å². The minimum Gasteiger partial charge on any atom is -0.370 e. The smallest absolute Gasteiger partial charge is 0.370 e. The fraction of sp³-hybridized carbons (Fsp3) is 0.353. The molecule has 0 radical (unpaired) electrons. The lowest BCUT2D eigenvalue weighted by atomic mass is 9.83. The largest absolute Gasteiger partial charge is 0.428 e. The summed E-state index contributed by atoms with van der Waals surface area (Å²) >= 11 is 0. The van der Waals surface area contributed by atoms with Crippen LogP contribution in [0.3, 0.4) is 0 Å². The average Bonchev–Trinajstić information content (AvgIpc) is 3.61. The number of ether oxygens (including phenoxy) is 1. The molecule has 2 heterocycles. The summed E-state index contributed by atoms with van der Waals surface area (Å²) in [6.45, 7) is 11.5. The van der Waals surface area contributed by atoms with Crippen LogP contribution in [0.15, 0.2) is 65.7 Å². The van der Waals surface area contributed by atoms with Crippen molar-refractivity contribution in [1.29, 1.82) is 5.26 Å². The highest BCUT2D eigenvalue weighted by molar-refractivity contribution is 7.90. The topological polar surface area (TPSA) is 110 Å². The third-order valence-corrected chi connectivity index (χ3v) is 11.7. The Morgan fingerprint density at radius 1 is 1.04 bits per heavy atom. The van der Waals surface area contributed by atoms with E-state index in [2.05, 4.69) is 24.6 Å². The number of hydrogen-bond acceptors (Lipinski definition) is 6. The van der Waals surface area contributed by atoms with Crippen LogP contribution in [0.1, 0.15) is 40.6 Å². The number of halogens is 3. The predicted octanol–water partition coefficient (Wildman–Crippen LogP) is 7.39. The lowest BCUT2D eigenvalue weighted by molar-refractivity contribution is -0.252. The molecule has 0 amide bonds. The van der Waals surface area contributed by atoms with E-state index in [1.54, 1.807) is 26.0 Å². The Balaban J connectivity index is 1.81. The number of aliphatic hydroxyl groups is 1. The molecule has 0 aliphatic heterocycles. The van der Waals surface area contributed by atoms with Gasteiger partial charge in [0.2, 0.25) is 5.60 Å². The van der Waals surface area contributed by atoms with Gasteiger partial charge in [-0.1, -0.05) is 50.3 Å². The second kappa shape index (κ2) is 12.2. The molecule has 8 nitrogen and oxygen atoms in total. The first kappa shape index (κ1) is 34.4. The van der Waals surface area contributed by atoms with E-state index in [0.717, 1.165) is 15.6 Å². The SMILES string of the molecule is CCc1cc(C)c2c(ccn2S(=O)(=O)c2ccc(C)cc2)c1C(O)(c1nc2cc(C#N)ccc2n1COCC[Si](C)(C)C)C(F)(F)F. The van der Waals surface area contributed by atoms with E-state index in [0.29, 0.717) is 12.2 Å². The molecule has 13 heteroatoms. The average molecular weight is 683 g/mol. The van der Waals surface area contributed by atoms with Gasteiger partial charge in [0.15, 0.2) is 5.82 Å². The van der Waals surface area contributed by atoms with E-state index in [1.807, 2.05) is 13.0 Å². The maximum atomic E-state index is 15.6. The van der Waals surface area contributed by atoms with Crippen LogP contribution in [-0.2, 0) is 33.5 Å². The van der Waals surface area contributed by atoms with Gasteiger partial charge in [0.1, 0.15) is 6.73 Å². The van der Waals surface area contributed by atoms with E-state index in [-0.39, 0.29) is 51.1 Å². The van der Waals surface area contributed by atoms with Crippen LogP contribution in [0, 0.1) is 25.2 Å². The van der Waals surface area contributed by atoms with Crippen molar-refractivity contribution in [1.82, 2.24) is 13.5 Å². The molecule has 5 aromatic rings. The molecule has 0 aliphatic rings. The molecule has 248 valence electrons. The van der Waals surface area contributed by atoms with E-state index in [1.165, 1.54) is 53.2 Å². The summed E-state index contributed by atoms with van der Waals surface area (Å²) in [7, 11) is -5.76. The molecule has 0 spiro atoms. The molecule has 0 fully saturated rings. The zero-order valence-electron chi connectivity index (χ0n) is 27.1. The summed E-state index contributed by atoms with van der Waals surface area (Å²) in [5.41, 5.74) is -2.23. The van der Waals surface area contributed by atoms with Crippen molar-refractivity contribution < 1.29 is 31.4 Å². The van der Waals surface area contributed by atoms with Crippen LogP contribution in [0.5, 0.6) is 0 Å². The van der Waals surface area contributed by atoms with E-state index < -0.39 is 41.3 Å². The van der Waals surface area contributed by atoms with Crippen molar-refractivity contribution in [3.8, 4) is 6.07 Å². The zero-order valence-corrected chi connectivity index (χ0v) is 28.9. The third-order valence-electron chi connectivity index (χ3n) is 8.36. The van der Waals surface area contributed by atoms with Crippen molar-refractivity contribution in [2.75, 3.05) is 6.61 Å². The molecule has 0 saturated carbocycles. The second-order valence-electron chi connectivity index (χ2n) is 13.0. The standard InChI is InChI=1S/C34H37F3N4O4SSi/c1-7-25-18-23(3)31-27(14-15-41(31)46(43,44)26-11-8-22(2)9-12-26)30(25)33(42,34(35,36)37)32-39-28-19-24(20-38)10-13-29(28)40(32)21-45-16-17-47(4,5)6/h8-15,18-19,42H,7,16-17,21H2,1-6H3. The van der Waals surface area contributed by atoms with Crippen molar-refractivity contribution in [2.45, 2.75) is 76.3 Å². The molecule has 1 unspecified atom stereocenters. The maximum Gasteiger partial charge on any atom is 0.428 e. The zero-order chi connectivity index (χ0) is 34.5. The first-order chi connectivity index (χ1) is 21.9. The molecular weight excluding hydrogens is 646 g/mol. The Hall–Kier alpha value is -3.96. The van der Waals surface area contributed by atoms with Crippen LogP contribution < -0.4 is 0 Å². The number of alkyl halides is 3. The minimum atomic E-state index is -5.31. The van der Waals surface area contributed by atoms with Gasteiger partial charge in [-0.15, -0.1) is 0 Å². The van der Waals surface area contributed by atoms with Crippen molar-refractivity contribution in [3.63, 3.8) is 0 Å². The summed E-state index contributed by atoms with van der Waals surface area (Å²) < 4.78 is 82.7. The molecule has 5 rings (SSSR count). The fourth-order valence-corrected chi connectivity index (χ4v) is 8.00. The molecule has 0 saturated heterocycles. The summed E-state index contributed by atoms with van der Waals surface area (Å²) in [6.07, 6.45) is -3.99. The molecule has 47 heavy (non-hydrogen) atoms. The summed E-state index contributed by atoms with van der Waals surface area (Å²) in [6, 6.07) is 16.0. The van der Waals surface area contributed by atoms with Gasteiger partial charge in [0.05, 0.1) is 33.1 Å². The highest BCUT2D eigenvalue weighted by Crippen LogP contribution is 2.49. The first-order valence-electron chi connectivity index (χ1n) is 15.2. The molecule has 1 atom stereocenters. The first-order valence-corrected chi connectivity index (χ1v) is 20.3. The van der Waals surface area contributed by atoms with E-state index in [4.69, 9.17) is 4.74 Å². The Kier molecular flexibility index (Phi) is 8.95. The van der Waals surface area contributed by atoms with Crippen LogP contribution in [0.25, 0.3) is 21.9 Å². The van der Waals surface area contributed by atoms with E-state index >= 15 is 13.2 Å². The molecule has 0 aliphatic carbocycles. The summed E-state index contributed by atoms with van der Waals surface area (Å²) in [5.74, 6) is -0.739. The molecule has 1 N–H and O–H groups in total. The number of aromatic nitrogens is 3. The number of benzene rings is 3. The Morgan fingerprint density at radius 2 is 1.72 bits per heavy atom. The van der Waals surface area contributed by atoms with Gasteiger partial charge >= 0.3 is 6.18 Å². The number of nitriles is 1. The number of aryl methyl sites for hydroxylation is 3. The Bertz CT molecular complexity index is 2130. The predicted molar refractivity (Wildman–Crippen MR) is 177 cm³/mol. The monoisotopic (exact) mass is 682 g/mol. The van der Waals surface area contributed by atoms with Gasteiger partial charge in [-0.3, -0.25) is 0 Å². The van der Waals surface area contributed by atoms with Crippen molar-refractivity contribution >= 4 is 40.0 Å². The lowest BCUT2D eigenvalue weighted by Gasteiger charge is -2.33. The summed E-state index contributed by atoms with van der Waals surface area (Å²) in [4.78, 5) is 4.30. The fourth-order valence-electron chi connectivity index (χ4n) is 5.83. The second-order valence-corrected chi connectivity index (χ2v) is 20.4. The van der Waals surface area contributed by atoms with Gasteiger partial charge in [-0.2, -0.15) is 18.4 Å². The number of rotatable bonds is 10. The van der Waals surface area contributed by atoms with Crippen LogP contribution in [0.2, 0.25) is 25.7 Å². The van der Waals surface area contributed by atoms with Gasteiger partial charge in [-0.25, -0.2) is 17.4 Å². The van der Waals surface area contributed by atoms with Crippen molar-refractivity contribution in [2.24, 2.45) is 0 Å². The number of fused-ring (bicyclic) bond motifs is 2. The minimum absolute atomic E-state index is 0.0151. The normalized spacial score (nSPS) is 14.1. The Morgan fingerprint density at radius 3 is 2.32 bits per heavy atom. The van der Waals surface area contributed by atoms with Crippen molar-refractivity contribution in [3.05, 3.63) is 94.4 Å². The molecule has 3 aromatic carbocycles. The van der Waals surface area contributed by atoms with Gasteiger partial charge in [0.25, 0.3) is 10.0 Å².